The first-order valence-corrected chi connectivity index (χ1v) is 10.8. The first-order chi connectivity index (χ1) is 15.4. The van der Waals surface area contributed by atoms with Crippen LogP contribution in [0.4, 0.5) is 5.69 Å². The van der Waals surface area contributed by atoms with Crippen molar-refractivity contribution in [3.8, 4) is 11.5 Å². The van der Waals surface area contributed by atoms with Crippen LogP contribution in [0.25, 0.3) is 6.08 Å². The fraction of sp³-hybridized carbons (Fsp3) is 0.120. The Balaban J connectivity index is 1.63. The molecule has 1 aliphatic rings. The highest BCUT2D eigenvalue weighted by atomic mass is 79.9. The Labute approximate surface area is 194 Å². The van der Waals surface area contributed by atoms with E-state index >= 15 is 0 Å². The van der Waals surface area contributed by atoms with E-state index < -0.39 is 5.91 Å². The maximum Gasteiger partial charge on any atom is 0.272 e. The normalized spacial score (nSPS) is 12.4. The summed E-state index contributed by atoms with van der Waals surface area (Å²) in [5.41, 5.74) is 3.96. The molecule has 2 amide bonds. The Morgan fingerprint density at radius 1 is 0.906 bits per heavy atom. The van der Waals surface area contributed by atoms with Crippen molar-refractivity contribution in [3.63, 3.8) is 0 Å². The molecule has 0 spiro atoms. The summed E-state index contributed by atoms with van der Waals surface area (Å²) in [7, 11) is 0. The Kier molecular flexibility index (Phi) is 6.28. The summed E-state index contributed by atoms with van der Waals surface area (Å²) in [6.45, 7) is 4.08. The number of anilines is 1. The van der Waals surface area contributed by atoms with Crippen molar-refractivity contribution in [3.05, 3.63) is 93.1 Å². The lowest BCUT2D eigenvalue weighted by molar-refractivity contribution is -0.113. The molecule has 0 atom stereocenters. The number of fused-ring (bicyclic) bond motifs is 1. The molecule has 0 radical (unpaired) electrons. The fourth-order valence-corrected chi connectivity index (χ4v) is 3.40. The zero-order valence-electron chi connectivity index (χ0n) is 17.6. The number of rotatable bonds is 5. The zero-order valence-corrected chi connectivity index (χ0v) is 19.2. The second-order valence-corrected chi connectivity index (χ2v) is 8.30. The van der Waals surface area contributed by atoms with Crippen LogP contribution < -0.4 is 20.1 Å². The summed E-state index contributed by atoms with van der Waals surface area (Å²) in [6, 6.07) is 17.9. The van der Waals surface area contributed by atoms with E-state index in [9.17, 15) is 9.59 Å². The van der Waals surface area contributed by atoms with Crippen molar-refractivity contribution in [2.45, 2.75) is 13.8 Å². The molecule has 4 rings (SSSR count). The van der Waals surface area contributed by atoms with Crippen molar-refractivity contribution >= 4 is 39.5 Å². The Morgan fingerprint density at radius 2 is 1.66 bits per heavy atom. The topological polar surface area (TPSA) is 76.7 Å². The van der Waals surface area contributed by atoms with Gasteiger partial charge in [-0.05, 0) is 85.1 Å². The number of halogens is 1. The van der Waals surface area contributed by atoms with Crippen LogP contribution in [-0.2, 0) is 4.79 Å². The molecule has 7 heteroatoms. The van der Waals surface area contributed by atoms with Gasteiger partial charge < -0.3 is 20.1 Å². The predicted molar refractivity (Wildman–Crippen MR) is 127 cm³/mol. The Morgan fingerprint density at radius 3 is 2.41 bits per heavy atom. The Hall–Kier alpha value is -3.58. The average molecular weight is 493 g/mol. The van der Waals surface area contributed by atoms with Crippen molar-refractivity contribution in [2.24, 2.45) is 0 Å². The third-order valence-corrected chi connectivity index (χ3v) is 5.60. The van der Waals surface area contributed by atoms with Gasteiger partial charge >= 0.3 is 0 Å². The van der Waals surface area contributed by atoms with Gasteiger partial charge in [0, 0.05) is 15.7 Å². The number of ether oxygens (including phenoxy) is 2. The first-order valence-electron chi connectivity index (χ1n) is 9.96. The van der Waals surface area contributed by atoms with Crippen LogP contribution in [-0.4, -0.2) is 18.6 Å². The van der Waals surface area contributed by atoms with Gasteiger partial charge in [-0.1, -0.05) is 28.1 Å². The molecule has 3 aromatic carbocycles. The number of carbonyl (C=O) groups is 2. The number of carbonyl (C=O) groups excluding carboxylic acids is 2. The van der Waals surface area contributed by atoms with Gasteiger partial charge in [-0.15, -0.1) is 0 Å². The van der Waals surface area contributed by atoms with Crippen LogP contribution >= 0.6 is 15.9 Å². The number of hydrogen-bond acceptors (Lipinski definition) is 4. The third-order valence-electron chi connectivity index (χ3n) is 5.07. The molecule has 0 saturated heterocycles. The zero-order chi connectivity index (χ0) is 22.7. The van der Waals surface area contributed by atoms with Gasteiger partial charge in [-0.2, -0.15) is 0 Å². The van der Waals surface area contributed by atoms with Crippen molar-refractivity contribution in [1.82, 2.24) is 5.32 Å². The van der Waals surface area contributed by atoms with Crippen LogP contribution in [0.3, 0.4) is 0 Å². The van der Waals surface area contributed by atoms with E-state index in [1.54, 1.807) is 48.5 Å². The lowest BCUT2D eigenvalue weighted by Gasteiger charge is -2.12. The second-order valence-electron chi connectivity index (χ2n) is 7.38. The van der Waals surface area contributed by atoms with E-state index in [0.717, 1.165) is 15.6 Å². The van der Waals surface area contributed by atoms with E-state index in [1.165, 1.54) is 0 Å². The second kappa shape index (κ2) is 9.28. The standard InChI is InChI=1S/C25H21BrN2O4/c1-15-3-5-18(11-16(15)2)24(29)28-21(25(30)27-20-8-6-19(26)7-9-20)12-17-4-10-22-23(13-17)32-14-31-22/h3-13H,14H2,1-2H3,(H,27,30)(H,28,29). The highest BCUT2D eigenvalue weighted by Gasteiger charge is 2.17. The van der Waals surface area contributed by atoms with Crippen molar-refractivity contribution in [2.75, 3.05) is 12.1 Å². The van der Waals surface area contributed by atoms with Crippen molar-refractivity contribution < 1.29 is 19.1 Å². The molecule has 162 valence electrons. The van der Waals surface area contributed by atoms with Crippen LogP contribution in [0, 0.1) is 13.8 Å². The molecule has 0 saturated carbocycles. The minimum absolute atomic E-state index is 0.106. The SMILES string of the molecule is Cc1ccc(C(=O)NC(=Cc2ccc3c(c2)OCO3)C(=O)Nc2ccc(Br)cc2)cc1C. The van der Waals surface area contributed by atoms with Gasteiger partial charge in [0.2, 0.25) is 6.79 Å². The number of hydrogen-bond donors (Lipinski definition) is 2. The van der Waals surface area contributed by atoms with Crippen molar-refractivity contribution in [1.29, 1.82) is 0 Å². The fourth-order valence-electron chi connectivity index (χ4n) is 3.14. The number of nitrogens with one attached hydrogen (secondary N) is 2. The van der Waals surface area contributed by atoms with Gasteiger partial charge in [0.05, 0.1) is 0 Å². The van der Waals surface area contributed by atoms with Crippen LogP contribution in [0.5, 0.6) is 11.5 Å². The molecule has 6 nitrogen and oxygen atoms in total. The molecule has 1 heterocycles. The summed E-state index contributed by atoms with van der Waals surface area (Å²) < 4.78 is 11.7. The highest BCUT2D eigenvalue weighted by Crippen LogP contribution is 2.33. The van der Waals surface area contributed by atoms with Gasteiger partial charge in [0.25, 0.3) is 11.8 Å². The maximum atomic E-state index is 13.1. The largest absolute Gasteiger partial charge is 0.454 e. The summed E-state index contributed by atoms with van der Waals surface area (Å²) in [5.74, 6) is 0.419. The number of benzene rings is 3. The van der Waals surface area contributed by atoms with E-state index in [2.05, 4.69) is 26.6 Å². The average Bonchev–Trinajstić information content (AvgIpc) is 3.24. The highest BCUT2D eigenvalue weighted by molar-refractivity contribution is 9.10. The van der Waals surface area contributed by atoms with Gasteiger partial charge in [0.1, 0.15) is 5.70 Å². The van der Waals surface area contributed by atoms with Gasteiger partial charge in [-0.3, -0.25) is 9.59 Å². The molecule has 1 aliphatic heterocycles. The third kappa shape index (κ3) is 5.00. The molecule has 0 bridgehead atoms. The summed E-state index contributed by atoms with van der Waals surface area (Å²) in [6.07, 6.45) is 1.61. The number of aryl methyl sites for hydroxylation is 2. The lowest BCUT2D eigenvalue weighted by Crippen LogP contribution is -2.30. The lowest BCUT2D eigenvalue weighted by atomic mass is 10.1. The van der Waals surface area contributed by atoms with Crippen LogP contribution in [0.1, 0.15) is 27.0 Å². The first kappa shape index (κ1) is 21.6. The van der Waals surface area contributed by atoms with Crippen LogP contribution in [0.15, 0.2) is 70.8 Å². The van der Waals surface area contributed by atoms with Gasteiger partial charge in [-0.25, -0.2) is 0 Å². The quantitative estimate of drug-likeness (QED) is 0.479. The van der Waals surface area contributed by atoms with E-state index in [-0.39, 0.29) is 18.4 Å². The molecule has 0 fully saturated rings. The molecular weight excluding hydrogens is 472 g/mol. The minimum Gasteiger partial charge on any atom is -0.454 e. The summed E-state index contributed by atoms with van der Waals surface area (Å²) in [4.78, 5) is 26.0. The monoisotopic (exact) mass is 492 g/mol. The molecule has 2 N–H and O–H groups in total. The molecule has 0 aliphatic carbocycles. The van der Waals surface area contributed by atoms with Crippen LogP contribution in [0.2, 0.25) is 0 Å². The summed E-state index contributed by atoms with van der Waals surface area (Å²) in [5, 5.41) is 5.58. The molecule has 0 unspecified atom stereocenters. The molecule has 32 heavy (non-hydrogen) atoms. The smallest absolute Gasteiger partial charge is 0.272 e. The summed E-state index contributed by atoms with van der Waals surface area (Å²) >= 11 is 3.38. The van der Waals surface area contributed by atoms with E-state index in [1.807, 2.05) is 32.0 Å². The maximum absolute atomic E-state index is 13.1. The van der Waals surface area contributed by atoms with E-state index in [4.69, 9.17) is 9.47 Å². The minimum atomic E-state index is -0.442. The van der Waals surface area contributed by atoms with E-state index in [0.29, 0.717) is 28.3 Å². The van der Waals surface area contributed by atoms with Gasteiger partial charge in [0.15, 0.2) is 11.5 Å². The molecule has 0 aromatic heterocycles. The number of amides is 2. The Bertz CT molecular complexity index is 1220. The predicted octanol–water partition coefficient (Wildman–Crippen LogP) is 5.20. The molecular formula is C25H21BrN2O4. The molecule has 3 aromatic rings.